The number of aliphatic hydroxyl groups excluding tert-OH is 1. The van der Waals surface area contributed by atoms with E-state index in [0.29, 0.717) is 5.56 Å². The van der Waals surface area contributed by atoms with Crippen molar-refractivity contribution in [3.05, 3.63) is 29.6 Å². The van der Waals surface area contributed by atoms with Crippen molar-refractivity contribution in [1.82, 2.24) is 4.98 Å². The third-order valence-electron chi connectivity index (χ3n) is 1.63. The molecule has 1 heterocycles. The van der Waals surface area contributed by atoms with Gasteiger partial charge in [0.2, 0.25) is 0 Å². The molecule has 0 unspecified atom stereocenters. The summed E-state index contributed by atoms with van der Waals surface area (Å²) >= 11 is 0. The van der Waals surface area contributed by atoms with Crippen molar-refractivity contribution in [2.45, 2.75) is 6.04 Å². The molecular formula is C8H10N2O3. The molecule has 5 heteroatoms. The highest BCUT2D eigenvalue weighted by Gasteiger charge is 2.08. The molecule has 0 saturated heterocycles. The van der Waals surface area contributed by atoms with E-state index in [-0.39, 0.29) is 12.3 Å². The molecule has 70 valence electrons. The summed E-state index contributed by atoms with van der Waals surface area (Å²) in [5.74, 6) is -1.10. The van der Waals surface area contributed by atoms with Gasteiger partial charge in [0.15, 0.2) is 0 Å². The van der Waals surface area contributed by atoms with E-state index in [1.807, 2.05) is 0 Å². The Morgan fingerprint density at radius 2 is 2.38 bits per heavy atom. The van der Waals surface area contributed by atoms with Gasteiger partial charge in [-0.2, -0.15) is 0 Å². The maximum absolute atomic E-state index is 10.5. The monoisotopic (exact) mass is 182 g/mol. The number of nitrogens with zero attached hydrogens (tertiary/aromatic N) is 1. The van der Waals surface area contributed by atoms with E-state index in [1.54, 1.807) is 6.07 Å². The predicted molar refractivity (Wildman–Crippen MR) is 45.2 cm³/mol. The van der Waals surface area contributed by atoms with Crippen LogP contribution in [0, 0.1) is 0 Å². The first-order chi connectivity index (χ1) is 6.15. The zero-order chi connectivity index (χ0) is 9.84. The number of aromatic carboxylic acids is 1. The molecule has 13 heavy (non-hydrogen) atoms. The van der Waals surface area contributed by atoms with E-state index in [0.717, 1.165) is 0 Å². The van der Waals surface area contributed by atoms with Crippen molar-refractivity contribution < 1.29 is 15.0 Å². The largest absolute Gasteiger partial charge is 0.477 e. The zero-order valence-electron chi connectivity index (χ0n) is 6.84. The Morgan fingerprint density at radius 3 is 2.92 bits per heavy atom. The van der Waals surface area contributed by atoms with Gasteiger partial charge in [-0.15, -0.1) is 0 Å². The molecule has 0 bridgehead atoms. The lowest BCUT2D eigenvalue weighted by atomic mass is 10.1. The Balaban J connectivity index is 2.98. The third kappa shape index (κ3) is 2.24. The number of rotatable bonds is 3. The van der Waals surface area contributed by atoms with Crippen LogP contribution in [0.25, 0.3) is 0 Å². The van der Waals surface area contributed by atoms with Crippen LogP contribution in [0.15, 0.2) is 18.3 Å². The predicted octanol–water partition coefficient (Wildman–Crippen LogP) is -0.228. The molecular weight excluding hydrogens is 172 g/mol. The average molecular weight is 182 g/mol. The number of aromatic nitrogens is 1. The van der Waals surface area contributed by atoms with Gasteiger partial charge < -0.3 is 15.9 Å². The van der Waals surface area contributed by atoms with Crippen molar-refractivity contribution in [1.29, 1.82) is 0 Å². The molecule has 0 spiro atoms. The summed E-state index contributed by atoms with van der Waals surface area (Å²) in [4.78, 5) is 14.1. The minimum Gasteiger partial charge on any atom is -0.477 e. The number of carboxylic acids is 1. The molecule has 0 radical (unpaired) electrons. The molecule has 0 fully saturated rings. The van der Waals surface area contributed by atoms with Crippen LogP contribution < -0.4 is 5.73 Å². The maximum Gasteiger partial charge on any atom is 0.354 e. The van der Waals surface area contributed by atoms with E-state index in [1.165, 1.54) is 12.3 Å². The van der Waals surface area contributed by atoms with E-state index in [2.05, 4.69) is 4.98 Å². The second-order valence-corrected chi connectivity index (χ2v) is 2.57. The van der Waals surface area contributed by atoms with Crippen LogP contribution in [-0.2, 0) is 0 Å². The smallest absolute Gasteiger partial charge is 0.354 e. The van der Waals surface area contributed by atoms with Crippen LogP contribution in [0.5, 0.6) is 0 Å². The average Bonchev–Trinajstić information content (AvgIpc) is 2.17. The molecule has 0 aromatic carbocycles. The highest BCUT2D eigenvalue weighted by molar-refractivity contribution is 5.85. The molecule has 1 aromatic heterocycles. The Hall–Kier alpha value is -1.46. The molecule has 0 aliphatic carbocycles. The van der Waals surface area contributed by atoms with E-state index >= 15 is 0 Å². The van der Waals surface area contributed by atoms with Crippen LogP contribution in [0.1, 0.15) is 22.1 Å². The summed E-state index contributed by atoms with van der Waals surface area (Å²) in [6.07, 6.45) is 1.36. The van der Waals surface area contributed by atoms with Crippen LogP contribution in [0.4, 0.5) is 0 Å². The van der Waals surface area contributed by atoms with Gasteiger partial charge in [0, 0.05) is 6.20 Å². The molecule has 0 aliphatic rings. The van der Waals surface area contributed by atoms with Crippen molar-refractivity contribution in [2.75, 3.05) is 6.61 Å². The molecule has 1 rings (SSSR count). The topological polar surface area (TPSA) is 96.4 Å². The third-order valence-corrected chi connectivity index (χ3v) is 1.63. The Labute approximate surface area is 74.8 Å². The second kappa shape index (κ2) is 3.97. The quantitative estimate of drug-likeness (QED) is 0.600. The van der Waals surface area contributed by atoms with Gasteiger partial charge in [-0.25, -0.2) is 9.78 Å². The maximum atomic E-state index is 10.5. The minimum atomic E-state index is -1.10. The lowest BCUT2D eigenvalue weighted by Crippen LogP contribution is -2.15. The van der Waals surface area contributed by atoms with Crippen molar-refractivity contribution in [2.24, 2.45) is 5.73 Å². The Kier molecular flexibility index (Phi) is 2.94. The van der Waals surface area contributed by atoms with Gasteiger partial charge in [-0.1, -0.05) is 0 Å². The highest BCUT2D eigenvalue weighted by atomic mass is 16.4. The van der Waals surface area contributed by atoms with Crippen molar-refractivity contribution in [3.8, 4) is 0 Å². The van der Waals surface area contributed by atoms with E-state index < -0.39 is 12.0 Å². The molecule has 1 aromatic rings. The van der Waals surface area contributed by atoms with Crippen molar-refractivity contribution in [3.63, 3.8) is 0 Å². The molecule has 0 saturated carbocycles. The standard InChI is InChI=1S/C8H10N2O3/c9-6(4-11)5-1-2-10-7(3-5)8(12)13/h1-3,6,11H,4,9H2,(H,12,13)/t6-/m0/s1. The van der Waals surface area contributed by atoms with Gasteiger partial charge in [-0.3, -0.25) is 0 Å². The first kappa shape index (κ1) is 9.63. The fraction of sp³-hybridized carbons (Fsp3) is 0.250. The normalized spacial score (nSPS) is 12.5. The molecule has 0 amide bonds. The van der Waals surface area contributed by atoms with Gasteiger partial charge in [0.25, 0.3) is 0 Å². The molecule has 4 N–H and O–H groups in total. The van der Waals surface area contributed by atoms with Gasteiger partial charge in [0.05, 0.1) is 12.6 Å². The Bertz CT molecular complexity index is 314. The lowest BCUT2D eigenvalue weighted by molar-refractivity contribution is 0.0690. The lowest BCUT2D eigenvalue weighted by Gasteiger charge is -2.07. The van der Waals surface area contributed by atoms with Crippen LogP contribution in [-0.4, -0.2) is 27.8 Å². The first-order valence-corrected chi connectivity index (χ1v) is 3.71. The summed E-state index contributed by atoms with van der Waals surface area (Å²) in [5.41, 5.74) is 5.99. The molecule has 5 nitrogen and oxygen atoms in total. The molecule has 1 atom stereocenters. The Morgan fingerprint density at radius 1 is 1.69 bits per heavy atom. The summed E-state index contributed by atoms with van der Waals surface area (Å²) in [5, 5.41) is 17.3. The minimum absolute atomic E-state index is 0.0681. The number of hydrogen-bond acceptors (Lipinski definition) is 4. The number of aliphatic hydroxyl groups is 1. The summed E-state index contributed by atoms with van der Waals surface area (Å²) in [6, 6.07) is 2.37. The van der Waals surface area contributed by atoms with Gasteiger partial charge in [-0.05, 0) is 17.7 Å². The summed E-state index contributed by atoms with van der Waals surface area (Å²) in [6.45, 7) is -0.219. The van der Waals surface area contributed by atoms with Crippen LogP contribution in [0.2, 0.25) is 0 Å². The number of hydrogen-bond donors (Lipinski definition) is 3. The van der Waals surface area contributed by atoms with Gasteiger partial charge in [0.1, 0.15) is 5.69 Å². The number of carbonyl (C=O) groups is 1. The number of carboxylic acid groups (broad SMARTS) is 1. The van der Waals surface area contributed by atoms with Gasteiger partial charge >= 0.3 is 5.97 Å². The fourth-order valence-electron chi connectivity index (χ4n) is 0.900. The first-order valence-electron chi connectivity index (χ1n) is 3.71. The SMILES string of the molecule is N[C@@H](CO)c1ccnc(C(=O)O)c1. The van der Waals surface area contributed by atoms with E-state index in [4.69, 9.17) is 15.9 Å². The van der Waals surface area contributed by atoms with Crippen LogP contribution >= 0.6 is 0 Å². The number of nitrogens with two attached hydrogens (primary N) is 1. The second-order valence-electron chi connectivity index (χ2n) is 2.57. The van der Waals surface area contributed by atoms with Crippen LogP contribution in [0.3, 0.4) is 0 Å². The zero-order valence-corrected chi connectivity index (χ0v) is 6.84. The fourth-order valence-corrected chi connectivity index (χ4v) is 0.900. The summed E-state index contributed by atoms with van der Waals surface area (Å²) in [7, 11) is 0. The molecule has 0 aliphatic heterocycles. The number of pyridine rings is 1. The van der Waals surface area contributed by atoms with Crippen molar-refractivity contribution >= 4 is 5.97 Å². The highest BCUT2D eigenvalue weighted by Crippen LogP contribution is 2.09. The van der Waals surface area contributed by atoms with E-state index in [9.17, 15) is 4.79 Å². The summed E-state index contributed by atoms with van der Waals surface area (Å²) < 4.78 is 0.